The van der Waals surface area contributed by atoms with Gasteiger partial charge in [-0.3, -0.25) is 4.79 Å². The molecule has 0 atom stereocenters. The van der Waals surface area contributed by atoms with Crippen LogP contribution < -0.4 is 10.6 Å². The minimum Gasteiger partial charge on any atom is -0.481 e. The third-order valence-corrected chi connectivity index (χ3v) is 6.25. The summed E-state index contributed by atoms with van der Waals surface area (Å²) in [4.78, 5) is 16.2. The van der Waals surface area contributed by atoms with Crippen LogP contribution in [-0.2, 0) is 4.79 Å². The fraction of sp³-hybridized carbons (Fsp3) is 0.900. The van der Waals surface area contributed by atoms with Gasteiger partial charge in [-0.25, -0.2) is 4.99 Å². The standard InChI is InChI=1S/C20H35N3O2/c24-19(25)15-11-13-18(14-12-15)23-20(21-16-7-3-1-4-8-16)22-17-9-5-2-6-10-17/h15-18H,1-14H2,(H,24,25)(H2,21,22,23). The van der Waals surface area contributed by atoms with E-state index in [-0.39, 0.29) is 12.0 Å². The number of carboxylic acids is 1. The average molecular weight is 350 g/mol. The SMILES string of the molecule is O=C(O)C1CCC(N=C(NC2CCCCC2)NC2CCCCC2)CC1. The predicted molar refractivity (Wildman–Crippen MR) is 101 cm³/mol. The molecular formula is C20H35N3O2. The second-order valence-electron chi connectivity index (χ2n) is 8.28. The lowest BCUT2D eigenvalue weighted by Crippen LogP contribution is -2.49. The highest BCUT2D eigenvalue weighted by Gasteiger charge is 2.27. The van der Waals surface area contributed by atoms with Gasteiger partial charge in [0.25, 0.3) is 0 Å². The molecule has 0 aliphatic heterocycles. The van der Waals surface area contributed by atoms with Crippen molar-refractivity contribution < 1.29 is 9.90 Å². The molecule has 3 aliphatic carbocycles. The molecule has 0 bridgehead atoms. The zero-order chi connectivity index (χ0) is 17.5. The molecule has 0 heterocycles. The van der Waals surface area contributed by atoms with Crippen molar-refractivity contribution in [2.24, 2.45) is 10.9 Å². The Bertz CT molecular complexity index is 424. The maximum absolute atomic E-state index is 11.1. The maximum Gasteiger partial charge on any atom is 0.306 e. The van der Waals surface area contributed by atoms with Crippen molar-refractivity contribution in [2.45, 2.75) is 108 Å². The van der Waals surface area contributed by atoms with E-state index >= 15 is 0 Å². The highest BCUT2D eigenvalue weighted by molar-refractivity contribution is 5.80. The van der Waals surface area contributed by atoms with Crippen molar-refractivity contribution in [3.05, 3.63) is 0 Å². The first-order valence-corrected chi connectivity index (χ1v) is 10.5. The zero-order valence-corrected chi connectivity index (χ0v) is 15.5. The Morgan fingerprint density at radius 2 is 1.20 bits per heavy atom. The van der Waals surface area contributed by atoms with Crippen molar-refractivity contribution in [2.75, 3.05) is 0 Å². The highest BCUT2D eigenvalue weighted by atomic mass is 16.4. The first-order valence-electron chi connectivity index (χ1n) is 10.5. The smallest absolute Gasteiger partial charge is 0.306 e. The summed E-state index contributed by atoms with van der Waals surface area (Å²) in [5, 5.41) is 16.6. The summed E-state index contributed by atoms with van der Waals surface area (Å²) in [5.41, 5.74) is 0. The number of aliphatic carboxylic acids is 1. The summed E-state index contributed by atoms with van der Waals surface area (Å²) < 4.78 is 0. The second kappa shape index (κ2) is 9.44. The summed E-state index contributed by atoms with van der Waals surface area (Å²) in [6.45, 7) is 0. The lowest BCUT2D eigenvalue weighted by Gasteiger charge is -2.31. The first kappa shape index (κ1) is 18.5. The van der Waals surface area contributed by atoms with Gasteiger partial charge >= 0.3 is 5.97 Å². The van der Waals surface area contributed by atoms with Crippen LogP contribution in [0.3, 0.4) is 0 Å². The number of hydrogen-bond acceptors (Lipinski definition) is 2. The van der Waals surface area contributed by atoms with Gasteiger partial charge in [-0.05, 0) is 51.4 Å². The van der Waals surface area contributed by atoms with E-state index in [9.17, 15) is 9.90 Å². The van der Waals surface area contributed by atoms with Gasteiger partial charge in [-0.1, -0.05) is 38.5 Å². The van der Waals surface area contributed by atoms with E-state index in [4.69, 9.17) is 4.99 Å². The molecule has 0 spiro atoms. The van der Waals surface area contributed by atoms with Gasteiger partial charge in [0.15, 0.2) is 5.96 Å². The fourth-order valence-electron chi connectivity index (χ4n) is 4.63. The number of carboxylic acid groups (broad SMARTS) is 1. The van der Waals surface area contributed by atoms with Gasteiger partial charge in [-0.2, -0.15) is 0 Å². The molecule has 0 unspecified atom stereocenters. The van der Waals surface area contributed by atoms with Crippen molar-refractivity contribution >= 4 is 11.9 Å². The van der Waals surface area contributed by atoms with Crippen molar-refractivity contribution in [1.29, 1.82) is 0 Å². The Balaban J connectivity index is 1.58. The minimum absolute atomic E-state index is 0.160. The molecule has 142 valence electrons. The van der Waals surface area contributed by atoms with Gasteiger partial charge in [0.05, 0.1) is 12.0 Å². The van der Waals surface area contributed by atoms with Crippen LogP contribution in [0.15, 0.2) is 4.99 Å². The van der Waals surface area contributed by atoms with Crippen LogP contribution >= 0.6 is 0 Å². The van der Waals surface area contributed by atoms with Crippen LogP contribution in [0.2, 0.25) is 0 Å². The predicted octanol–water partition coefficient (Wildman–Crippen LogP) is 3.83. The summed E-state index contributed by atoms with van der Waals surface area (Å²) in [7, 11) is 0. The van der Waals surface area contributed by atoms with E-state index < -0.39 is 5.97 Å². The number of aliphatic imine (C=N–C) groups is 1. The Morgan fingerprint density at radius 1 is 0.720 bits per heavy atom. The molecule has 3 fully saturated rings. The van der Waals surface area contributed by atoms with Crippen LogP contribution in [0.1, 0.15) is 89.9 Å². The molecule has 3 rings (SSSR count). The third kappa shape index (κ3) is 5.89. The molecule has 25 heavy (non-hydrogen) atoms. The molecule has 5 heteroatoms. The van der Waals surface area contributed by atoms with Crippen LogP contribution in [0.5, 0.6) is 0 Å². The van der Waals surface area contributed by atoms with Crippen molar-refractivity contribution in [1.82, 2.24) is 10.6 Å². The maximum atomic E-state index is 11.1. The number of carbonyl (C=O) groups is 1. The van der Waals surface area contributed by atoms with Gasteiger partial charge in [0.2, 0.25) is 0 Å². The molecule has 0 amide bonds. The number of nitrogens with zero attached hydrogens (tertiary/aromatic N) is 1. The molecule has 0 saturated heterocycles. The Kier molecular flexibility index (Phi) is 7.00. The molecule has 3 saturated carbocycles. The van der Waals surface area contributed by atoms with E-state index in [0.29, 0.717) is 12.1 Å². The van der Waals surface area contributed by atoms with Crippen LogP contribution in [0.25, 0.3) is 0 Å². The lowest BCUT2D eigenvalue weighted by atomic mass is 9.86. The summed E-state index contributed by atoms with van der Waals surface area (Å²) in [5.74, 6) is 0.202. The molecular weight excluding hydrogens is 314 g/mol. The Labute approximate surface area is 152 Å². The molecule has 3 aliphatic rings. The topological polar surface area (TPSA) is 73.7 Å². The van der Waals surface area contributed by atoms with E-state index in [1.807, 2.05) is 0 Å². The van der Waals surface area contributed by atoms with E-state index in [0.717, 1.165) is 31.6 Å². The van der Waals surface area contributed by atoms with E-state index in [1.165, 1.54) is 64.2 Å². The quantitative estimate of drug-likeness (QED) is 0.533. The van der Waals surface area contributed by atoms with Crippen LogP contribution in [0, 0.1) is 5.92 Å². The molecule has 3 N–H and O–H groups in total. The van der Waals surface area contributed by atoms with Gasteiger partial charge < -0.3 is 15.7 Å². The summed E-state index contributed by atoms with van der Waals surface area (Å²) >= 11 is 0. The molecule has 5 nitrogen and oxygen atoms in total. The zero-order valence-electron chi connectivity index (χ0n) is 15.5. The van der Waals surface area contributed by atoms with Crippen LogP contribution in [0.4, 0.5) is 0 Å². The molecule has 0 radical (unpaired) electrons. The highest BCUT2D eigenvalue weighted by Crippen LogP contribution is 2.27. The third-order valence-electron chi connectivity index (χ3n) is 6.25. The normalized spacial score (nSPS) is 29.0. The number of hydrogen-bond donors (Lipinski definition) is 3. The van der Waals surface area contributed by atoms with Crippen molar-refractivity contribution in [3.8, 4) is 0 Å². The number of nitrogens with one attached hydrogen (secondary N) is 2. The number of guanidine groups is 1. The van der Waals surface area contributed by atoms with Gasteiger partial charge in [-0.15, -0.1) is 0 Å². The van der Waals surface area contributed by atoms with Crippen LogP contribution in [-0.4, -0.2) is 35.2 Å². The molecule has 0 aromatic rings. The monoisotopic (exact) mass is 349 g/mol. The molecule has 0 aromatic carbocycles. The fourth-order valence-corrected chi connectivity index (χ4v) is 4.63. The van der Waals surface area contributed by atoms with Gasteiger partial charge in [0.1, 0.15) is 0 Å². The summed E-state index contributed by atoms with van der Waals surface area (Å²) in [6.07, 6.45) is 16.3. The Morgan fingerprint density at radius 3 is 1.64 bits per heavy atom. The molecule has 0 aromatic heterocycles. The van der Waals surface area contributed by atoms with E-state index in [1.54, 1.807) is 0 Å². The van der Waals surface area contributed by atoms with Crippen molar-refractivity contribution in [3.63, 3.8) is 0 Å². The minimum atomic E-state index is -0.636. The largest absolute Gasteiger partial charge is 0.481 e. The Hall–Kier alpha value is -1.26. The second-order valence-corrected chi connectivity index (χ2v) is 8.28. The lowest BCUT2D eigenvalue weighted by molar-refractivity contribution is -0.142. The van der Waals surface area contributed by atoms with E-state index in [2.05, 4.69) is 10.6 Å². The summed E-state index contributed by atoms with van der Waals surface area (Å²) in [6, 6.07) is 1.38. The first-order chi connectivity index (χ1) is 12.2. The van der Waals surface area contributed by atoms with Gasteiger partial charge in [0, 0.05) is 12.1 Å². The number of rotatable bonds is 4. The average Bonchev–Trinajstić information content (AvgIpc) is 2.64.